The molecule has 17 nitrogen and oxygen atoms in total. The molecule has 1 rings (SSSR count). The number of carboxylic acids is 1. The fourth-order valence-electron chi connectivity index (χ4n) is 4.10. The predicted octanol–water partition coefficient (Wildman–Crippen LogP) is -3.07. The van der Waals surface area contributed by atoms with Crippen LogP contribution >= 0.6 is 21.6 Å². The second-order valence-electron chi connectivity index (χ2n) is 10.4. The highest BCUT2D eigenvalue weighted by atomic mass is 33.1. The lowest BCUT2D eigenvalue weighted by Gasteiger charge is -2.34. The third-order valence-corrected chi connectivity index (χ3v) is 9.57. The third-order valence-electron chi connectivity index (χ3n) is 6.27. The number of nitrogens with zero attached hydrogens (tertiary/aromatic N) is 3. The van der Waals surface area contributed by atoms with Gasteiger partial charge >= 0.3 is 5.97 Å². The van der Waals surface area contributed by atoms with Crippen molar-refractivity contribution in [2.75, 3.05) is 32.9 Å². The molecule has 0 aromatic carbocycles. The molecule has 0 unspecified atom stereocenters. The largest absolute Gasteiger partial charge is 0.481 e. The van der Waals surface area contributed by atoms with E-state index in [9.17, 15) is 38.7 Å². The Morgan fingerprint density at radius 2 is 1.72 bits per heavy atom. The molecule has 242 valence electrons. The molecule has 0 saturated carbocycles. The number of hydrogen-bond donors (Lipinski definition) is 7. The van der Waals surface area contributed by atoms with Gasteiger partial charge in [-0.25, -0.2) is 0 Å². The summed E-state index contributed by atoms with van der Waals surface area (Å²) in [5, 5.41) is 16.6. The Bertz CT molecular complexity index is 1120. The molecule has 1 aliphatic rings. The zero-order valence-electron chi connectivity index (χ0n) is 24.7. The smallest absolute Gasteiger partial charge is 0.305 e. The molecule has 0 bridgehead atoms. The van der Waals surface area contributed by atoms with Crippen LogP contribution in [0.3, 0.4) is 0 Å². The van der Waals surface area contributed by atoms with Crippen LogP contribution in [0.5, 0.6) is 0 Å². The number of hydrogen-bond acceptors (Lipinski definition) is 10. The number of likely N-dealkylation sites (N-methyl/N-ethyl adjacent to an activating group) is 2. The van der Waals surface area contributed by atoms with E-state index in [1.54, 1.807) is 13.8 Å². The van der Waals surface area contributed by atoms with Gasteiger partial charge in [0, 0.05) is 38.1 Å². The van der Waals surface area contributed by atoms with Gasteiger partial charge in [0.2, 0.25) is 35.4 Å². The van der Waals surface area contributed by atoms with Gasteiger partial charge in [0.15, 0.2) is 5.96 Å². The maximum Gasteiger partial charge on any atom is 0.305 e. The van der Waals surface area contributed by atoms with Crippen LogP contribution in [-0.4, -0.2) is 124 Å². The maximum absolute atomic E-state index is 13.6. The van der Waals surface area contributed by atoms with E-state index in [2.05, 4.69) is 20.9 Å². The first-order chi connectivity index (χ1) is 19.9. The molecule has 0 aliphatic carbocycles. The lowest BCUT2D eigenvalue weighted by molar-refractivity contribution is -0.147. The van der Waals surface area contributed by atoms with Crippen molar-refractivity contribution in [2.24, 2.45) is 22.2 Å². The van der Waals surface area contributed by atoms with E-state index in [1.165, 1.54) is 25.9 Å². The van der Waals surface area contributed by atoms with Crippen molar-refractivity contribution < 1.29 is 38.7 Å². The molecule has 1 fully saturated rings. The van der Waals surface area contributed by atoms with E-state index in [-0.39, 0.29) is 31.1 Å². The van der Waals surface area contributed by atoms with Crippen molar-refractivity contribution in [3.63, 3.8) is 0 Å². The van der Waals surface area contributed by atoms with Gasteiger partial charge in [-0.05, 0) is 26.7 Å². The molecule has 0 aromatic rings. The number of aliphatic carboxylic acids is 1. The van der Waals surface area contributed by atoms with Crippen LogP contribution in [0.25, 0.3) is 0 Å². The first-order valence-corrected chi connectivity index (χ1v) is 15.4. The standard InChI is InChI=1S/C24H41N9O8S2/c1-12(34)29-14-11-42-43-24(2,3)18(19(25)38)31-20(39)13(9-17(36)37)30-16(35)10-32(4)22(41)15(33(5)21(14)40)7-6-8-28-23(26)27/h13-15,18H,6-11H2,1-5H3,(H2,25,38)(H,29,34)(H,30,35)(H,31,39)(H,36,37)(H4,26,27,28)/t13-,14-,15-,18+/m1/s1. The van der Waals surface area contributed by atoms with Crippen molar-refractivity contribution in [2.45, 2.75) is 68.9 Å². The van der Waals surface area contributed by atoms with Crippen LogP contribution in [-0.2, 0) is 33.6 Å². The third kappa shape index (κ3) is 12.2. The van der Waals surface area contributed by atoms with Gasteiger partial charge in [0.05, 0.1) is 13.0 Å². The Balaban J connectivity index is 3.55. The highest BCUT2D eigenvalue weighted by Gasteiger charge is 2.40. The molecule has 0 aromatic heterocycles. The summed E-state index contributed by atoms with van der Waals surface area (Å²) in [5.74, 6) is -6.05. The van der Waals surface area contributed by atoms with Crippen LogP contribution in [0.4, 0.5) is 0 Å². The number of carbonyl (C=O) groups is 7. The number of carboxylic acid groups (broad SMARTS) is 1. The molecule has 0 spiro atoms. The summed E-state index contributed by atoms with van der Waals surface area (Å²) < 4.78 is -1.10. The molecule has 1 saturated heterocycles. The van der Waals surface area contributed by atoms with Gasteiger partial charge in [-0.2, -0.15) is 0 Å². The number of primary amides is 1. The zero-order chi connectivity index (χ0) is 33.1. The normalized spacial score (nSPS) is 24.3. The SMILES string of the molecule is CC(=O)N[C@@H]1CSSC(C)(C)[C@H](C(N)=O)NC(=O)[C@@H](CC(=O)O)NC(=O)CN(C)C(=O)[C@@H](CCCN=C(N)N)N(C)C1=O. The van der Waals surface area contributed by atoms with Crippen molar-refractivity contribution in [1.82, 2.24) is 25.8 Å². The topological polar surface area (TPSA) is 273 Å². The number of guanidine groups is 1. The molecule has 1 heterocycles. The van der Waals surface area contributed by atoms with Crippen LogP contribution < -0.4 is 33.2 Å². The average Bonchev–Trinajstić information content (AvgIpc) is 2.87. The van der Waals surface area contributed by atoms with E-state index in [4.69, 9.17) is 17.2 Å². The van der Waals surface area contributed by atoms with Gasteiger partial charge in [-0.3, -0.25) is 38.6 Å². The molecule has 6 amide bonds. The summed E-state index contributed by atoms with van der Waals surface area (Å²) in [7, 11) is 4.88. The van der Waals surface area contributed by atoms with Crippen LogP contribution in [0.2, 0.25) is 0 Å². The number of rotatable bonds is 8. The molecular formula is C24H41N9O8S2. The first kappa shape index (κ1) is 37.3. The minimum atomic E-state index is -1.59. The summed E-state index contributed by atoms with van der Waals surface area (Å²) >= 11 is 0. The number of amides is 6. The summed E-state index contributed by atoms with van der Waals surface area (Å²) in [6.07, 6.45) is -0.438. The average molecular weight is 648 g/mol. The minimum absolute atomic E-state index is 0.00269. The van der Waals surface area contributed by atoms with Gasteiger partial charge in [-0.1, -0.05) is 21.6 Å². The van der Waals surface area contributed by atoms with Crippen molar-refractivity contribution in [3.05, 3.63) is 0 Å². The highest BCUT2D eigenvalue weighted by Crippen LogP contribution is 2.38. The van der Waals surface area contributed by atoms with E-state index in [0.29, 0.717) is 0 Å². The summed E-state index contributed by atoms with van der Waals surface area (Å²) in [4.78, 5) is 95.0. The second-order valence-corrected chi connectivity index (χ2v) is 13.4. The monoisotopic (exact) mass is 647 g/mol. The number of carbonyl (C=O) groups excluding carboxylic acids is 6. The molecule has 43 heavy (non-hydrogen) atoms. The van der Waals surface area contributed by atoms with E-state index < -0.39 is 83.3 Å². The fourth-order valence-corrected chi connectivity index (χ4v) is 6.92. The fraction of sp³-hybridized carbons (Fsp3) is 0.667. The summed E-state index contributed by atoms with van der Waals surface area (Å²) in [5.41, 5.74) is 16.3. The van der Waals surface area contributed by atoms with E-state index in [0.717, 1.165) is 26.5 Å². The molecular weight excluding hydrogens is 606 g/mol. The maximum atomic E-state index is 13.6. The first-order valence-electron chi connectivity index (χ1n) is 13.1. The summed E-state index contributed by atoms with van der Waals surface area (Å²) in [6.45, 7) is 3.98. The number of aliphatic imine (C=N–C) groups is 1. The van der Waals surface area contributed by atoms with Gasteiger partial charge < -0.3 is 48.1 Å². The van der Waals surface area contributed by atoms with Gasteiger partial charge in [-0.15, -0.1) is 0 Å². The summed E-state index contributed by atoms with van der Waals surface area (Å²) in [6, 6.07) is -5.10. The predicted molar refractivity (Wildman–Crippen MR) is 161 cm³/mol. The highest BCUT2D eigenvalue weighted by molar-refractivity contribution is 8.77. The Morgan fingerprint density at radius 1 is 1.09 bits per heavy atom. The van der Waals surface area contributed by atoms with E-state index >= 15 is 0 Å². The lowest BCUT2D eigenvalue weighted by Crippen LogP contribution is -2.60. The zero-order valence-corrected chi connectivity index (χ0v) is 26.4. The molecule has 1 aliphatic heterocycles. The van der Waals surface area contributed by atoms with Gasteiger partial charge in [0.1, 0.15) is 24.2 Å². The minimum Gasteiger partial charge on any atom is -0.481 e. The molecule has 4 atom stereocenters. The Hall–Kier alpha value is -3.74. The Kier molecular flexibility index (Phi) is 14.6. The molecule has 0 radical (unpaired) electrons. The van der Waals surface area contributed by atoms with Crippen LogP contribution in [0, 0.1) is 0 Å². The van der Waals surface area contributed by atoms with E-state index in [1.807, 2.05) is 0 Å². The van der Waals surface area contributed by atoms with Crippen molar-refractivity contribution >= 4 is 69.0 Å². The van der Waals surface area contributed by atoms with Crippen LogP contribution in [0.1, 0.15) is 40.0 Å². The van der Waals surface area contributed by atoms with Crippen molar-refractivity contribution in [1.29, 1.82) is 0 Å². The Morgan fingerprint density at radius 3 is 2.26 bits per heavy atom. The lowest BCUT2D eigenvalue weighted by atomic mass is 10.0. The quantitative estimate of drug-likeness (QED) is 0.0599. The molecule has 19 heteroatoms. The van der Waals surface area contributed by atoms with Crippen molar-refractivity contribution in [3.8, 4) is 0 Å². The number of nitrogens with two attached hydrogens (primary N) is 3. The van der Waals surface area contributed by atoms with Gasteiger partial charge in [0.25, 0.3) is 0 Å². The Labute approximate surface area is 257 Å². The second kappa shape index (κ2) is 16.8. The molecule has 10 N–H and O–H groups in total. The number of nitrogens with one attached hydrogen (secondary N) is 3. The van der Waals surface area contributed by atoms with Crippen LogP contribution in [0.15, 0.2) is 4.99 Å².